The van der Waals surface area contributed by atoms with Crippen LogP contribution in [0.4, 0.5) is 0 Å². The van der Waals surface area contributed by atoms with Crippen molar-refractivity contribution in [3.05, 3.63) is 42.8 Å². The van der Waals surface area contributed by atoms with Crippen molar-refractivity contribution in [1.29, 1.82) is 0 Å². The molecule has 0 amide bonds. The third-order valence-corrected chi connectivity index (χ3v) is 2.31. The van der Waals surface area contributed by atoms with E-state index in [1.54, 1.807) is 0 Å². The number of hydrogen-bond acceptors (Lipinski definition) is 3. The molecule has 0 aromatic heterocycles. The minimum atomic E-state index is -3.42. The quantitative estimate of drug-likeness (QED) is 0.718. The van der Waals surface area contributed by atoms with Gasteiger partial charge in [0.2, 0.25) is 0 Å². The zero-order valence-electron chi connectivity index (χ0n) is 8.01. The first-order valence-electron chi connectivity index (χ1n) is 4.25. The second-order valence-corrected chi connectivity index (χ2v) is 4.59. The van der Waals surface area contributed by atoms with E-state index in [9.17, 15) is 8.42 Å². The maximum atomic E-state index is 10.9. The zero-order chi connectivity index (χ0) is 10.6. The largest absolute Gasteiger partial charge is 0.264 e. The van der Waals surface area contributed by atoms with Gasteiger partial charge in [-0.15, -0.1) is 0 Å². The fraction of sp³-hybridized carbons (Fsp3) is 0.300. The van der Waals surface area contributed by atoms with E-state index >= 15 is 0 Å². The Hall–Kier alpha value is -0.870. The molecule has 0 spiro atoms. The highest BCUT2D eigenvalue weighted by Crippen LogP contribution is 2.21. The van der Waals surface area contributed by atoms with Crippen LogP contribution in [0.25, 0.3) is 0 Å². The summed E-state index contributed by atoms with van der Waals surface area (Å²) in [5.41, 5.74) is 0.827. The first-order chi connectivity index (χ1) is 6.53. The van der Waals surface area contributed by atoms with Crippen LogP contribution in [0.1, 0.15) is 18.1 Å². The third kappa shape index (κ3) is 3.47. The van der Waals surface area contributed by atoms with Crippen molar-refractivity contribution in [1.82, 2.24) is 0 Å². The zero-order valence-corrected chi connectivity index (χ0v) is 8.83. The van der Waals surface area contributed by atoms with Gasteiger partial charge in [0.1, 0.15) is 6.10 Å². The Morgan fingerprint density at radius 3 is 2.36 bits per heavy atom. The molecular weight excluding hydrogens is 200 g/mol. The molecule has 1 aromatic rings. The summed E-state index contributed by atoms with van der Waals surface area (Å²) in [4.78, 5) is 0. The molecular formula is C10H13O3S. The summed E-state index contributed by atoms with van der Waals surface area (Å²) in [5, 5.41) is 0. The van der Waals surface area contributed by atoms with E-state index in [0.717, 1.165) is 11.8 Å². The van der Waals surface area contributed by atoms with Crippen molar-refractivity contribution in [2.45, 2.75) is 12.5 Å². The van der Waals surface area contributed by atoms with Gasteiger partial charge in [0.25, 0.3) is 10.1 Å². The van der Waals surface area contributed by atoms with Crippen LogP contribution in [-0.2, 0) is 14.3 Å². The SMILES string of the molecule is [CH2]CC(OS(C)(=O)=O)c1ccccc1. The van der Waals surface area contributed by atoms with Crippen LogP contribution in [0.3, 0.4) is 0 Å². The fourth-order valence-corrected chi connectivity index (χ4v) is 1.78. The molecule has 77 valence electrons. The molecule has 14 heavy (non-hydrogen) atoms. The smallest absolute Gasteiger partial charge is 0.262 e. The summed E-state index contributed by atoms with van der Waals surface area (Å²) in [5.74, 6) is 0. The molecule has 1 aromatic carbocycles. The van der Waals surface area contributed by atoms with Gasteiger partial charge in [0, 0.05) is 0 Å². The van der Waals surface area contributed by atoms with E-state index < -0.39 is 16.2 Å². The molecule has 0 fully saturated rings. The van der Waals surface area contributed by atoms with Crippen molar-refractivity contribution in [2.75, 3.05) is 6.26 Å². The Balaban J connectivity index is 2.84. The van der Waals surface area contributed by atoms with Crippen molar-refractivity contribution in [3.8, 4) is 0 Å². The molecule has 4 heteroatoms. The Morgan fingerprint density at radius 2 is 1.93 bits per heavy atom. The predicted molar refractivity (Wildman–Crippen MR) is 55.1 cm³/mol. The highest BCUT2D eigenvalue weighted by molar-refractivity contribution is 7.86. The van der Waals surface area contributed by atoms with Crippen molar-refractivity contribution in [3.63, 3.8) is 0 Å². The highest BCUT2D eigenvalue weighted by Gasteiger charge is 2.14. The van der Waals surface area contributed by atoms with E-state index in [1.807, 2.05) is 30.3 Å². The molecule has 3 nitrogen and oxygen atoms in total. The number of benzene rings is 1. The molecule has 0 heterocycles. The summed E-state index contributed by atoms with van der Waals surface area (Å²) in [6.07, 6.45) is 0.946. The summed E-state index contributed by atoms with van der Waals surface area (Å²) < 4.78 is 26.7. The van der Waals surface area contributed by atoms with Gasteiger partial charge >= 0.3 is 0 Å². The van der Waals surface area contributed by atoms with Crippen molar-refractivity contribution >= 4 is 10.1 Å². The average molecular weight is 213 g/mol. The standard InChI is InChI=1S/C10H13O3S/c1-3-10(13-14(2,11)12)9-7-5-4-6-8-9/h4-8,10H,1,3H2,2H3. The maximum Gasteiger partial charge on any atom is 0.264 e. The van der Waals surface area contributed by atoms with E-state index in [0.29, 0.717) is 6.42 Å². The Bertz CT molecular complexity index is 370. The van der Waals surface area contributed by atoms with Crippen LogP contribution in [0.15, 0.2) is 30.3 Å². The van der Waals surface area contributed by atoms with Crippen molar-refractivity contribution < 1.29 is 12.6 Å². The Kier molecular flexibility index (Phi) is 3.66. The van der Waals surface area contributed by atoms with E-state index in [-0.39, 0.29) is 0 Å². The van der Waals surface area contributed by atoms with Gasteiger partial charge in [-0.3, -0.25) is 4.18 Å². The van der Waals surface area contributed by atoms with Gasteiger partial charge in [-0.25, -0.2) is 0 Å². The molecule has 1 rings (SSSR count). The summed E-state index contributed by atoms with van der Waals surface area (Å²) in [6, 6.07) is 9.18. The van der Waals surface area contributed by atoms with Crippen LogP contribution in [0.5, 0.6) is 0 Å². The molecule has 0 aliphatic heterocycles. The second kappa shape index (κ2) is 4.57. The molecule has 1 radical (unpaired) electrons. The Labute approximate surface area is 84.8 Å². The van der Waals surface area contributed by atoms with Crippen LogP contribution in [0, 0.1) is 6.92 Å². The molecule has 0 bridgehead atoms. The second-order valence-electron chi connectivity index (χ2n) is 2.99. The molecule has 0 aliphatic rings. The first-order valence-corrected chi connectivity index (χ1v) is 6.07. The Morgan fingerprint density at radius 1 is 1.36 bits per heavy atom. The topological polar surface area (TPSA) is 43.4 Å². The van der Waals surface area contributed by atoms with Gasteiger partial charge in [0.05, 0.1) is 6.26 Å². The predicted octanol–water partition coefficient (Wildman–Crippen LogP) is 1.93. The molecule has 0 saturated heterocycles. The lowest BCUT2D eigenvalue weighted by Gasteiger charge is -2.13. The molecule has 1 unspecified atom stereocenters. The molecule has 0 saturated carbocycles. The molecule has 0 N–H and O–H groups in total. The van der Waals surface area contributed by atoms with Crippen LogP contribution in [-0.4, -0.2) is 14.7 Å². The van der Waals surface area contributed by atoms with Crippen LogP contribution >= 0.6 is 0 Å². The maximum absolute atomic E-state index is 10.9. The van der Waals surface area contributed by atoms with E-state index in [4.69, 9.17) is 4.18 Å². The number of hydrogen-bond donors (Lipinski definition) is 0. The normalized spacial score (nSPS) is 13.9. The van der Waals surface area contributed by atoms with E-state index in [1.165, 1.54) is 0 Å². The lowest BCUT2D eigenvalue weighted by molar-refractivity contribution is 0.218. The van der Waals surface area contributed by atoms with Gasteiger partial charge < -0.3 is 0 Å². The monoisotopic (exact) mass is 213 g/mol. The molecule has 1 atom stereocenters. The average Bonchev–Trinajstić information content (AvgIpc) is 2.14. The summed E-state index contributed by atoms with van der Waals surface area (Å²) in [6.45, 7) is 3.66. The lowest BCUT2D eigenvalue weighted by Crippen LogP contribution is -2.09. The van der Waals surface area contributed by atoms with Gasteiger partial charge in [-0.1, -0.05) is 37.3 Å². The minimum Gasteiger partial charge on any atom is -0.262 e. The minimum absolute atomic E-state index is 0.386. The van der Waals surface area contributed by atoms with Gasteiger partial charge in [0.15, 0.2) is 0 Å². The summed E-state index contributed by atoms with van der Waals surface area (Å²) in [7, 11) is -3.42. The number of rotatable bonds is 4. The molecule has 0 aliphatic carbocycles. The first kappa shape index (κ1) is 11.2. The van der Waals surface area contributed by atoms with Crippen molar-refractivity contribution in [2.24, 2.45) is 0 Å². The van der Waals surface area contributed by atoms with Gasteiger partial charge in [-0.2, -0.15) is 8.42 Å². The lowest BCUT2D eigenvalue weighted by atomic mass is 10.1. The van der Waals surface area contributed by atoms with Crippen LogP contribution < -0.4 is 0 Å². The van der Waals surface area contributed by atoms with Crippen LogP contribution in [0.2, 0.25) is 0 Å². The summed E-state index contributed by atoms with van der Waals surface area (Å²) >= 11 is 0. The highest BCUT2D eigenvalue weighted by atomic mass is 32.2. The van der Waals surface area contributed by atoms with Gasteiger partial charge in [-0.05, 0) is 12.0 Å². The van der Waals surface area contributed by atoms with E-state index in [2.05, 4.69) is 6.92 Å². The third-order valence-electron chi connectivity index (χ3n) is 1.72. The fourth-order valence-electron chi connectivity index (χ4n) is 1.15.